The van der Waals surface area contributed by atoms with Gasteiger partial charge in [0.05, 0.1) is 34.3 Å². The van der Waals surface area contributed by atoms with Crippen LogP contribution in [0.25, 0.3) is 11.0 Å². The number of anilines is 1. The van der Waals surface area contributed by atoms with E-state index in [1.165, 1.54) is 0 Å². The summed E-state index contributed by atoms with van der Waals surface area (Å²) in [6.45, 7) is 3.80. The molecule has 2 N–H and O–H groups in total. The van der Waals surface area contributed by atoms with Gasteiger partial charge in [-0.2, -0.15) is 0 Å². The molecule has 2 atom stereocenters. The van der Waals surface area contributed by atoms with E-state index in [0.29, 0.717) is 24.0 Å². The molecule has 1 aliphatic rings. The first-order chi connectivity index (χ1) is 11.5. The number of benzene rings is 1. The van der Waals surface area contributed by atoms with Crippen molar-refractivity contribution in [1.29, 1.82) is 0 Å². The summed E-state index contributed by atoms with van der Waals surface area (Å²) >= 11 is 0. The van der Waals surface area contributed by atoms with Gasteiger partial charge in [0.1, 0.15) is 0 Å². The normalized spacial score (nSPS) is 20.8. The van der Waals surface area contributed by atoms with Crippen LogP contribution in [0, 0.1) is 25.7 Å². The van der Waals surface area contributed by atoms with Crippen LogP contribution in [-0.2, 0) is 9.59 Å². The molecule has 1 heterocycles. The van der Waals surface area contributed by atoms with Crippen LogP contribution in [0.15, 0.2) is 18.2 Å². The monoisotopic (exact) mass is 327 g/mol. The number of carbonyl (C=O) groups excluding carboxylic acids is 1. The number of aromatic nitrogens is 2. The average Bonchev–Trinajstić information content (AvgIpc) is 2.56. The first-order valence-electron chi connectivity index (χ1n) is 8.24. The third-order valence-electron chi connectivity index (χ3n) is 4.76. The molecule has 0 saturated heterocycles. The minimum Gasteiger partial charge on any atom is -0.481 e. The zero-order valence-electron chi connectivity index (χ0n) is 13.9. The Bertz CT molecular complexity index is 803. The number of carboxylic acids is 1. The van der Waals surface area contributed by atoms with E-state index in [1.807, 2.05) is 19.9 Å². The summed E-state index contributed by atoms with van der Waals surface area (Å²) in [6.07, 6.45) is 2.94. The Labute approximate surface area is 140 Å². The van der Waals surface area contributed by atoms with Crippen molar-refractivity contribution in [2.45, 2.75) is 39.5 Å². The first-order valence-corrected chi connectivity index (χ1v) is 8.24. The van der Waals surface area contributed by atoms with Crippen molar-refractivity contribution in [2.24, 2.45) is 11.8 Å². The summed E-state index contributed by atoms with van der Waals surface area (Å²) < 4.78 is 0. The number of rotatable bonds is 3. The lowest BCUT2D eigenvalue weighted by molar-refractivity contribution is -0.147. The van der Waals surface area contributed by atoms with Crippen LogP contribution in [0.1, 0.15) is 37.1 Å². The number of hydrogen-bond donors (Lipinski definition) is 2. The predicted molar refractivity (Wildman–Crippen MR) is 90.7 cm³/mol. The maximum atomic E-state index is 12.5. The second-order valence-electron chi connectivity index (χ2n) is 6.42. The van der Waals surface area contributed by atoms with E-state index in [0.717, 1.165) is 29.7 Å². The highest BCUT2D eigenvalue weighted by atomic mass is 16.4. The highest BCUT2D eigenvalue weighted by molar-refractivity contribution is 5.96. The quantitative estimate of drug-likeness (QED) is 0.904. The van der Waals surface area contributed by atoms with E-state index in [1.54, 1.807) is 12.1 Å². The molecule has 6 heteroatoms. The summed E-state index contributed by atoms with van der Waals surface area (Å²) in [5, 5.41) is 12.2. The molecule has 1 aromatic heterocycles. The lowest BCUT2D eigenvalue weighted by atomic mass is 9.78. The number of fused-ring (bicyclic) bond motifs is 1. The fraction of sp³-hybridized carbons (Fsp3) is 0.444. The van der Waals surface area contributed by atoms with Gasteiger partial charge in [0.25, 0.3) is 0 Å². The van der Waals surface area contributed by atoms with Gasteiger partial charge < -0.3 is 10.4 Å². The number of nitrogens with one attached hydrogen (secondary N) is 1. The third-order valence-corrected chi connectivity index (χ3v) is 4.76. The molecule has 0 bridgehead atoms. The summed E-state index contributed by atoms with van der Waals surface area (Å²) in [7, 11) is 0. The molecule has 1 aromatic carbocycles. The fourth-order valence-corrected chi connectivity index (χ4v) is 3.28. The van der Waals surface area contributed by atoms with Crippen molar-refractivity contribution >= 4 is 28.6 Å². The molecule has 1 aliphatic carbocycles. The summed E-state index contributed by atoms with van der Waals surface area (Å²) in [6, 6.07) is 5.38. The van der Waals surface area contributed by atoms with E-state index in [9.17, 15) is 14.7 Å². The number of hydrogen-bond acceptors (Lipinski definition) is 4. The van der Waals surface area contributed by atoms with Gasteiger partial charge in [-0.3, -0.25) is 9.59 Å². The van der Waals surface area contributed by atoms with Gasteiger partial charge in [-0.25, -0.2) is 9.97 Å². The Hall–Kier alpha value is -2.50. The molecule has 1 amide bonds. The zero-order chi connectivity index (χ0) is 17.3. The number of amides is 1. The van der Waals surface area contributed by atoms with Gasteiger partial charge in [-0.05, 0) is 44.9 Å². The van der Waals surface area contributed by atoms with Gasteiger partial charge in [0, 0.05) is 5.69 Å². The van der Waals surface area contributed by atoms with Gasteiger partial charge in [-0.1, -0.05) is 12.8 Å². The molecule has 0 aliphatic heterocycles. The summed E-state index contributed by atoms with van der Waals surface area (Å²) in [5.74, 6) is -2.18. The largest absolute Gasteiger partial charge is 0.481 e. The van der Waals surface area contributed by atoms with E-state index >= 15 is 0 Å². The van der Waals surface area contributed by atoms with Gasteiger partial charge in [0.2, 0.25) is 5.91 Å². The number of aliphatic carboxylic acids is 1. The Morgan fingerprint density at radius 3 is 2.33 bits per heavy atom. The van der Waals surface area contributed by atoms with Crippen LogP contribution >= 0.6 is 0 Å². The SMILES string of the molecule is Cc1nc2ccc(NC(=O)[C@H]3CCCC[C@H]3C(=O)O)cc2nc1C. The lowest BCUT2D eigenvalue weighted by Gasteiger charge is -2.27. The molecular formula is C18H21N3O3. The van der Waals surface area contributed by atoms with Crippen molar-refractivity contribution < 1.29 is 14.7 Å². The van der Waals surface area contributed by atoms with Crippen molar-refractivity contribution in [3.05, 3.63) is 29.6 Å². The van der Waals surface area contributed by atoms with Crippen molar-refractivity contribution in [1.82, 2.24) is 9.97 Å². The Kier molecular flexibility index (Phi) is 4.46. The Balaban J connectivity index is 1.82. The van der Waals surface area contributed by atoms with Crippen molar-refractivity contribution in [3.8, 4) is 0 Å². The molecule has 126 valence electrons. The Morgan fingerprint density at radius 1 is 1.04 bits per heavy atom. The molecule has 1 fully saturated rings. The molecule has 24 heavy (non-hydrogen) atoms. The molecule has 0 unspecified atom stereocenters. The standard InChI is InChI=1S/C18H21N3O3/c1-10-11(2)20-16-9-12(7-8-15(16)19-10)21-17(22)13-5-3-4-6-14(13)18(23)24/h7-9,13-14H,3-6H2,1-2H3,(H,21,22)(H,23,24)/t13-,14+/m0/s1. The molecule has 2 aromatic rings. The maximum Gasteiger partial charge on any atom is 0.307 e. The van der Waals surface area contributed by atoms with Crippen LogP contribution in [-0.4, -0.2) is 27.0 Å². The van der Waals surface area contributed by atoms with Crippen LogP contribution < -0.4 is 5.32 Å². The van der Waals surface area contributed by atoms with Crippen LogP contribution in [0.3, 0.4) is 0 Å². The van der Waals surface area contributed by atoms with Gasteiger partial charge >= 0.3 is 5.97 Å². The second-order valence-corrected chi connectivity index (χ2v) is 6.42. The third kappa shape index (κ3) is 3.22. The summed E-state index contributed by atoms with van der Waals surface area (Å²) in [5.41, 5.74) is 3.85. The minimum absolute atomic E-state index is 0.224. The molecule has 6 nitrogen and oxygen atoms in total. The lowest BCUT2D eigenvalue weighted by Crippen LogP contribution is -2.36. The maximum absolute atomic E-state index is 12.5. The van der Waals surface area contributed by atoms with Gasteiger partial charge in [0.15, 0.2) is 0 Å². The molecule has 3 rings (SSSR count). The van der Waals surface area contributed by atoms with E-state index in [-0.39, 0.29) is 5.91 Å². The second kappa shape index (κ2) is 6.55. The zero-order valence-corrected chi connectivity index (χ0v) is 13.9. The highest BCUT2D eigenvalue weighted by Gasteiger charge is 2.35. The molecular weight excluding hydrogens is 306 g/mol. The molecule has 1 saturated carbocycles. The smallest absolute Gasteiger partial charge is 0.307 e. The summed E-state index contributed by atoms with van der Waals surface area (Å²) in [4.78, 5) is 32.9. The van der Waals surface area contributed by atoms with Crippen LogP contribution in [0.2, 0.25) is 0 Å². The topological polar surface area (TPSA) is 92.2 Å². The minimum atomic E-state index is -0.884. The van der Waals surface area contributed by atoms with Crippen LogP contribution in [0.4, 0.5) is 5.69 Å². The van der Waals surface area contributed by atoms with E-state index in [4.69, 9.17) is 0 Å². The predicted octanol–water partition coefficient (Wildman–Crippen LogP) is 3.08. The van der Waals surface area contributed by atoms with E-state index in [2.05, 4.69) is 15.3 Å². The van der Waals surface area contributed by atoms with Gasteiger partial charge in [-0.15, -0.1) is 0 Å². The van der Waals surface area contributed by atoms with E-state index < -0.39 is 17.8 Å². The first kappa shape index (κ1) is 16.4. The number of carbonyl (C=O) groups is 2. The number of carboxylic acid groups (broad SMARTS) is 1. The fourth-order valence-electron chi connectivity index (χ4n) is 3.28. The average molecular weight is 327 g/mol. The molecule has 0 spiro atoms. The van der Waals surface area contributed by atoms with Crippen molar-refractivity contribution in [3.63, 3.8) is 0 Å². The van der Waals surface area contributed by atoms with Crippen LogP contribution in [0.5, 0.6) is 0 Å². The number of nitrogens with zero attached hydrogens (tertiary/aromatic N) is 2. The number of aryl methyl sites for hydroxylation is 2. The van der Waals surface area contributed by atoms with Crippen molar-refractivity contribution in [2.75, 3.05) is 5.32 Å². The Morgan fingerprint density at radius 2 is 1.67 bits per heavy atom. The highest BCUT2D eigenvalue weighted by Crippen LogP contribution is 2.31. The molecule has 0 radical (unpaired) electrons.